The summed E-state index contributed by atoms with van der Waals surface area (Å²) in [5, 5.41) is 0. The van der Waals surface area contributed by atoms with Crippen LogP contribution in [0.2, 0.25) is 0 Å². The third-order valence-corrected chi connectivity index (χ3v) is 4.41. The number of ether oxygens (including phenoxy) is 1. The number of rotatable bonds is 9. The molecule has 25 heavy (non-hydrogen) atoms. The summed E-state index contributed by atoms with van der Waals surface area (Å²) in [4.78, 5) is 25.8. The van der Waals surface area contributed by atoms with Gasteiger partial charge in [-0.15, -0.1) is 0 Å². The molecular formula is C21H23NO3. The monoisotopic (exact) mass is 337 g/mol. The summed E-state index contributed by atoms with van der Waals surface area (Å²) in [6.45, 7) is 1.88. The highest BCUT2D eigenvalue weighted by Crippen LogP contribution is 2.22. The predicted molar refractivity (Wildman–Crippen MR) is 96.4 cm³/mol. The van der Waals surface area contributed by atoms with Gasteiger partial charge < -0.3 is 4.74 Å². The third-order valence-electron chi connectivity index (χ3n) is 4.41. The lowest BCUT2D eigenvalue weighted by molar-refractivity contribution is 0.0650. The number of hydrogen-bond acceptors (Lipinski definition) is 3. The molecule has 130 valence electrons. The first-order chi connectivity index (χ1) is 12.3. The van der Waals surface area contributed by atoms with Crippen LogP contribution in [0.4, 0.5) is 0 Å². The van der Waals surface area contributed by atoms with Crippen LogP contribution in [0.15, 0.2) is 54.6 Å². The highest BCUT2D eigenvalue weighted by Gasteiger charge is 2.34. The number of nitrogens with zero attached hydrogens (tertiary/aromatic N) is 1. The fraction of sp³-hybridized carbons (Fsp3) is 0.333. The van der Waals surface area contributed by atoms with E-state index in [1.807, 2.05) is 18.2 Å². The normalized spacial score (nSPS) is 13.4. The number of benzene rings is 2. The SMILES string of the molecule is O=C1c2ccccc2C(=O)N1CCCCCCOCc1ccccc1. The second kappa shape index (κ2) is 8.58. The lowest BCUT2D eigenvalue weighted by atomic mass is 10.1. The molecule has 0 aliphatic carbocycles. The van der Waals surface area contributed by atoms with Gasteiger partial charge in [-0.25, -0.2) is 0 Å². The van der Waals surface area contributed by atoms with Gasteiger partial charge in [-0.3, -0.25) is 14.5 Å². The first-order valence-electron chi connectivity index (χ1n) is 8.84. The van der Waals surface area contributed by atoms with E-state index in [2.05, 4.69) is 12.1 Å². The van der Waals surface area contributed by atoms with E-state index in [0.29, 0.717) is 24.3 Å². The van der Waals surface area contributed by atoms with Gasteiger partial charge in [0.2, 0.25) is 0 Å². The highest BCUT2D eigenvalue weighted by molar-refractivity contribution is 6.21. The largest absolute Gasteiger partial charge is 0.377 e. The zero-order valence-electron chi connectivity index (χ0n) is 14.3. The Bertz CT molecular complexity index is 692. The quantitative estimate of drug-likeness (QED) is 0.512. The van der Waals surface area contributed by atoms with Crippen molar-refractivity contribution < 1.29 is 14.3 Å². The van der Waals surface area contributed by atoms with Gasteiger partial charge >= 0.3 is 0 Å². The Morgan fingerprint density at radius 2 is 1.32 bits per heavy atom. The zero-order chi connectivity index (χ0) is 17.5. The summed E-state index contributed by atoms with van der Waals surface area (Å²) >= 11 is 0. The van der Waals surface area contributed by atoms with E-state index in [9.17, 15) is 9.59 Å². The molecule has 0 aromatic heterocycles. The van der Waals surface area contributed by atoms with Gasteiger partial charge in [0.25, 0.3) is 11.8 Å². The van der Waals surface area contributed by atoms with E-state index in [0.717, 1.165) is 32.3 Å². The predicted octanol–water partition coefficient (Wildman–Crippen LogP) is 4.06. The number of carbonyl (C=O) groups is 2. The van der Waals surface area contributed by atoms with Crippen LogP contribution < -0.4 is 0 Å². The molecule has 0 spiro atoms. The number of carbonyl (C=O) groups excluding carboxylic acids is 2. The minimum absolute atomic E-state index is 0.160. The average molecular weight is 337 g/mol. The van der Waals surface area contributed by atoms with Crippen molar-refractivity contribution in [3.63, 3.8) is 0 Å². The molecule has 2 aromatic carbocycles. The number of imide groups is 1. The van der Waals surface area contributed by atoms with Crippen LogP contribution in [0, 0.1) is 0 Å². The van der Waals surface area contributed by atoms with Crippen molar-refractivity contribution in [2.45, 2.75) is 32.3 Å². The summed E-state index contributed by atoms with van der Waals surface area (Å²) < 4.78 is 5.66. The van der Waals surface area contributed by atoms with Crippen LogP contribution in [0.25, 0.3) is 0 Å². The standard InChI is InChI=1S/C21H23NO3/c23-20-18-12-6-7-13-19(18)21(24)22(20)14-8-1-2-9-15-25-16-17-10-4-3-5-11-17/h3-7,10-13H,1-2,8-9,14-16H2. The fourth-order valence-corrected chi connectivity index (χ4v) is 3.03. The zero-order valence-corrected chi connectivity index (χ0v) is 14.3. The molecule has 0 atom stereocenters. The Morgan fingerprint density at radius 3 is 2.00 bits per heavy atom. The Hall–Kier alpha value is -2.46. The first kappa shape index (κ1) is 17.4. The van der Waals surface area contributed by atoms with E-state index in [-0.39, 0.29) is 11.8 Å². The van der Waals surface area contributed by atoms with Gasteiger partial charge in [0.05, 0.1) is 17.7 Å². The van der Waals surface area contributed by atoms with E-state index in [1.165, 1.54) is 10.5 Å². The smallest absolute Gasteiger partial charge is 0.261 e. The molecule has 2 aromatic rings. The lowest BCUT2D eigenvalue weighted by Crippen LogP contribution is -2.30. The molecule has 0 saturated heterocycles. The van der Waals surface area contributed by atoms with Crippen molar-refractivity contribution in [2.75, 3.05) is 13.2 Å². The maximum absolute atomic E-state index is 12.2. The summed E-state index contributed by atoms with van der Waals surface area (Å²) in [6.07, 6.45) is 3.86. The van der Waals surface area contributed by atoms with Gasteiger partial charge in [-0.2, -0.15) is 0 Å². The van der Waals surface area contributed by atoms with Crippen LogP contribution in [0.1, 0.15) is 52.0 Å². The molecule has 0 fully saturated rings. The van der Waals surface area contributed by atoms with Crippen LogP contribution >= 0.6 is 0 Å². The fourth-order valence-electron chi connectivity index (χ4n) is 3.03. The molecule has 1 aliphatic heterocycles. The van der Waals surface area contributed by atoms with E-state index < -0.39 is 0 Å². The molecular weight excluding hydrogens is 314 g/mol. The van der Waals surface area contributed by atoms with E-state index in [1.54, 1.807) is 24.3 Å². The first-order valence-corrected chi connectivity index (χ1v) is 8.84. The van der Waals surface area contributed by atoms with Crippen molar-refractivity contribution in [1.82, 2.24) is 4.90 Å². The molecule has 2 amide bonds. The van der Waals surface area contributed by atoms with Gasteiger partial charge in [0.1, 0.15) is 0 Å². The van der Waals surface area contributed by atoms with Gasteiger partial charge in [0, 0.05) is 13.2 Å². The molecule has 1 heterocycles. The number of hydrogen-bond donors (Lipinski definition) is 0. The summed E-state index contributed by atoms with van der Waals surface area (Å²) in [5.41, 5.74) is 2.25. The number of unbranched alkanes of at least 4 members (excludes halogenated alkanes) is 3. The Balaban J connectivity index is 1.29. The summed E-state index contributed by atoms with van der Waals surface area (Å²) in [6, 6.07) is 17.2. The molecule has 0 saturated carbocycles. The summed E-state index contributed by atoms with van der Waals surface area (Å²) in [5.74, 6) is -0.321. The number of amides is 2. The third kappa shape index (κ3) is 4.34. The maximum atomic E-state index is 12.2. The summed E-state index contributed by atoms with van der Waals surface area (Å²) in [7, 11) is 0. The minimum atomic E-state index is -0.160. The van der Waals surface area contributed by atoms with Crippen molar-refractivity contribution in [3.05, 3.63) is 71.3 Å². The second-order valence-corrected chi connectivity index (χ2v) is 6.26. The van der Waals surface area contributed by atoms with Crippen molar-refractivity contribution in [2.24, 2.45) is 0 Å². The Labute approximate surface area is 148 Å². The molecule has 0 unspecified atom stereocenters. The topological polar surface area (TPSA) is 46.6 Å². The van der Waals surface area contributed by atoms with Crippen molar-refractivity contribution in [3.8, 4) is 0 Å². The molecule has 4 nitrogen and oxygen atoms in total. The molecule has 0 N–H and O–H groups in total. The lowest BCUT2D eigenvalue weighted by Gasteiger charge is -2.13. The molecule has 0 bridgehead atoms. The van der Waals surface area contributed by atoms with Crippen LogP contribution in [0.5, 0.6) is 0 Å². The van der Waals surface area contributed by atoms with E-state index in [4.69, 9.17) is 4.74 Å². The molecule has 1 aliphatic rings. The minimum Gasteiger partial charge on any atom is -0.377 e. The van der Waals surface area contributed by atoms with Crippen LogP contribution in [0.3, 0.4) is 0 Å². The van der Waals surface area contributed by atoms with Gasteiger partial charge in [-0.05, 0) is 30.5 Å². The van der Waals surface area contributed by atoms with Crippen molar-refractivity contribution in [1.29, 1.82) is 0 Å². The average Bonchev–Trinajstić information content (AvgIpc) is 2.90. The van der Waals surface area contributed by atoms with E-state index >= 15 is 0 Å². The highest BCUT2D eigenvalue weighted by atomic mass is 16.5. The molecule has 3 rings (SSSR count). The Morgan fingerprint density at radius 1 is 0.720 bits per heavy atom. The van der Waals surface area contributed by atoms with Gasteiger partial charge in [0.15, 0.2) is 0 Å². The second-order valence-electron chi connectivity index (χ2n) is 6.26. The van der Waals surface area contributed by atoms with Crippen LogP contribution in [-0.2, 0) is 11.3 Å². The molecule has 0 radical (unpaired) electrons. The maximum Gasteiger partial charge on any atom is 0.261 e. The Kier molecular flexibility index (Phi) is 5.96. The van der Waals surface area contributed by atoms with Gasteiger partial charge in [-0.1, -0.05) is 55.3 Å². The molecule has 4 heteroatoms. The van der Waals surface area contributed by atoms with Crippen LogP contribution in [-0.4, -0.2) is 29.9 Å². The van der Waals surface area contributed by atoms with Crippen molar-refractivity contribution >= 4 is 11.8 Å². The number of fused-ring (bicyclic) bond motifs is 1.